The highest BCUT2D eigenvalue weighted by Gasteiger charge is 2.28. The molecular formula is C29H26FN3O4S. The van der Waals surface area contributed by atoms with Gasteiger partial charge in [0.15, 0.2) is 0 Å². The summed E-state index contributed by atoms with van der Waals surface area (Å²) in [6.07, 6.45) is 0. The zero-order valence-electron chi connectivity index (χ0n) is 20.5. The fraction of sp³-hybridized carbons (Fsp3) is 0.103. The van der Waals surface area contributed by atoms with Gasteiger partial charge in [0.25, 0.3) is 15.9 Å². The number of carbonyl (C=O) groups excluding carboxylic acids is 2. The van der Waals surface area contributed by atoms with Crippen molar-refractivity contribution in [1.29, 1.82) is 0 Å². The topological polar surface area (TPSA) is 95.6 Å². The van der Waals surface area contributed by atoms with Crippen molar-refractivity contribution in [3.05, 3.63) is 126 Å². The van der Waals surface area contributed by atoms with Crippen molar-refractivity contribution in [2.75, 3.05) is 16.2 Å². The van der Waals surface area contributed by atoms with Crippen LogP contribution in [0.15, 0.2) is 114 Å². The molecule has 0 heterocycles. The summed E-state index contributed by atoms with van der Waals surface area (Å²) in [5, 5.41) is 5.59. The first-order valence-electron chi connectivity index (χ1n) is 11.8. The molecular weight excluding hydrogens is 505 g/mol. The van der Waals surface area contributed by atoms with E-state index in [1.807, 2.05) is 37.3 Å². The number of carbonyl (C=O) groups is 2. The quantitative estimate of drug-likeness (QED) is 0.312. The summed E-state index contributed by atoms with van der Waals surface area (Å²) in [6, 6.07) is 28.2. The van der Waals surface area contributed by atoms with Crippen LogP contribution in [0.2, 0.25) is 0 Å². The number of benzene rings is 4. The third kappa shape index (κ3) is 6.24. The highest BCUT2D eigenvalue weighted by Crippen LogP contribution is 2.24. The Bertz CT molecular complexity index is 1510. The maximum atomic E-state index is 13.4. The Balaban J connectivity index is 1.56. The van der Waals surface area contributed by atoms with Gasteiger partial charge >= 0.3 is 0 Å². The normalized spacial score (nSPS) is 11.8. The Morgan fingerprint density at radius 3 is 2.05 bits per heavy atom. The second-order valence-electron chi connectivity index (χ2n) is 8.50. The molecule has 9 heteroatoms. The Morgan fingerprint density at radius 1 is 0.816 bits per heavy atom. The van der Waals surface area contributed by atoms with Gasteiger partial charge in [0, 0.05) is 0 Å². The van der Waals surface area contributed by atoms with Crippen LogP contribution in [-0.4, -0.2) is 26.8 Å². The van der Waals surface area contributed by atoms with Gasteiger partial charge in [-0.1, -0.05) is 60.7 Å². The maximum absolute atomic E-state index is 13.4. The number of halogens is 1. The predicted molar refractivity (Wildman–Crippen MR) is 145 cm³/mol. The van der Waals surface area contributed by atoms with E-state index in [0.29, 0.717) is 0 Å². The van der Waals surface area contributed by atoms with Gasteiger partial charge in [0.2, 0.25) is 5.91 Å². The summed E-state index contributed by atoms with van der Waals surface area (Å²) in [6.45, 7) is 1.28. The first-order chi connectivity index (χ1) is 18.3. The molecule has 0 aliphatic rings. The number of nitrogens with one attached hydrogen (secondary N) is 2. The van der Waals surface area contributed by atoms with Crippen molar-refractivity contribution in [3.63, 3.8) is 0 Å². The van der Waals surface area contributed by atoms with Crippen LogP contribution in [0.25, 0.3) is 0 Å². The van der Waals surface area contributed by atoms with Gasteiger partial charge in [0.1, 0.15) is 12.4 Å². The minimum absolute atomic E-state index is 0.162. The Kier molecular flexibility index (Phi) is 8.18. The fourth-order valence-corrected chi connectivity index (χ4v) is 5.27. The Labute approximate surface area is 221 Å². The number of hydrogen-bond donors (Lipinski definition) is 2. The summed E-state index contributed by atoms with van der Waals surface area (Å²) in [4.78, 5) is 26.0. The second kappa shape index (κ2) is 11.7. The van der Waals surface area contributed by atoms with Gasteiger partial charge in [-0.25, -0.2) is 12.8 Å². The van der Waals surface area contributed by atoms with Gasteiger partial charge < -0.3 is 10.6 Å². The van der Waals surface area contributed by atoms with Crippen LogP contribution in [0.5, 0.6) is 0 Å². The first-order valence-corrected chi connectivity index (χ1v) is 13.3. The molecule has 4 aromatic rings. The fourth-order valence-electron chi connectivity index (χ4n) is 3.85. The van der Waals surface area contributed by atoms with Gasteiger partial charge in [-0.2, -0.15) is 0 Å². The number of para-hydroxylation sites is 2. The highest BCUT2D eigenvalue weighted by atomic mass is 32.2. The lowest BCUT2D eigenvalue weighted by Gasteiger charge is -2.24. The Morgan fingerprint density at radius 2 is 1.39 bits per heavy atom. The molecule has 0 spiro atoms. The zero-order chi connectivity index (χ0) is 27.1. The molecule has 0 radical (unpaired) electrons. The Hall–Kier alpha value is -4.50. The van der Waals surface area contributed by atoms with Crippen LogP contribution in [-0.2, 0) is 14.8 Å². The number of nitrogens with zero attached hydrogens (tertiary/aromatic N) is 1. The van der Waals surface area contributed by atoms with Crippen molar-refractivity contribution < 1.29 is 22.4 Å². The zero-order valence-corrected chi connectivity index (χ0v) is 21.4. The number of amides is 2. The minimum Gasteiger partial charge on any atom is -0.345 e. The standard InChI is InChI=1S/C29H26FN3O4S/c1-21(22-10-4-2-5-11-22)31-29(35)26-14-8-9-15-27(26)32-28(34)20-33(24-12-6-3-7-13-24)38(36,37)25-18-16-23(30)17-19-25/h2-19,21H,20H2,1H3,(H,31,35)(H,32,34)/t21-/m1/s1. The summed E-state index contributed by atoms with van der Waals surface area (Å²) >= 11 is 0. The molecule has 0 saturated heterocycles. The first kappa shape index (κ1) is 26.6. The number of anilines is 2. The molecule has 0 aliphatic heterocycles. The van der Waals surface area contributed by atoms with Gasteiger partial charge in [0.05, 0.1) is 27.9 Å². The lowest BCUT2D eigenvalue weighted by molar-refractivity contribution is -0.114. The van der Waals surface area contributed by atoms with E-state index >= 15 is 0 Å². The molecule has 38 heavy (non-hydrogen) atoms. The molecule has 0 unspecified atom stereocenters. The third-order valence-electron chi connectivity index (χ3n) is 5.83. The van der Waals surface area contributed by atoms with E-state index in [0.717, 1.165) is 34.1 Å². The molecule has 0 saturated carbocycles. The second-order valence-corrected chi connectivity index (χ2v) is 10.4. The molecule has 194 valence electrons. The van der Waals surface area contributed by atoms with Crippen molar-refractivity contribution in [2.24, 2.45) is 0 Å². The average molecular weight is 532 g/mol. The molecule has 4 rings (SSSR count). The molecule has 2 N–H and O–H groups in total. The van der Waals surface area contributed by atoms with Crippen LogP contribution in [0, 0.1) is 5.82 Å². The average Bonchev–Trinajstić information content (AvgIpc) is 2.93. The van der Waals surface area contributed by atoms with Crippen molar-refractivity contribution in [2.45, 2.75) is 17.9 Å². The van der Waals surface area contributed by atoms with E-state index in [1.165, 1.54) is 0 Å². The van der Waals surface area contributed by atoms with Crippen LogP contribution in [0.4, 0.5) is 15.8 Å². The summed E-state index contributed by atoms with van der Waals surface area (Å²) < 4.78 is 41.2. The molecule has 7 nitrogen and oxygen atoms in total. The number of hydrogen-bond acceptors (Lipinski definition) is 4. The van der Waals surface area contributed by atoms with Crippen LogP contribution in [0.1, 0.15) is 28.9 Å². The van der Waals surface area contributed by atoms with Gasteiger partial charge in [-0.05, 0) is 61.0 Å². The lowest BCUT2D eigenvalue weighted by atomic mass is 10.1. The highest BCUT2D eigenvalue weighted by molar-refractivity contribution is 7.92. The molecule has 1 atom stereocenters. The van der Waals surface area contributed by atoms with Crippen molar-refractivity contribution in [1.82, 2.24) is 5.32 Å². The molecule has 0 aliphatic carbocycles. The third-order valence-corrected chi connectivity index (χ3v) is 7.61. The van der Waals surface area contributed by atoms with E-state index in [-0.39, 0.29) is 27.9 Å². The van der Waals surface area contributed by atoms with E-state index in [2.05, 4.69) is 10.6 Å². The summed E-state index contributed by atoms with van der Waals surface area (Å²) in [7, 11) is -4.20. The van der Waals surface area contributed by atoms with E-state index in [9.17, 15) is 22.4 Å². The van der Waals surface area contributed by atoms with E-state index in [4.69, 9.17) is 0 Å². The van der Waals surface area contributed by atoms with E-state index < -0.39 is 34.2 Å². The summed E-state index contributed by atoms with van der Waals surface area (Å²) in [5.41, 5.74) is 1.65. The van der Waals surface area contributed by atoms with Gasteiger partial charge in [-0.3, -0.25) is 13.9 Å². The summed E-state index contributed by atoms with van der Waals surface area (Å²) in [5.74, 6) is -1.63. The molecule has 4 aromatic carbocycles. The van der Waals surface area contributed by atoms with Crippen LogP contribution >= 0.6 is 0 Å². The van der Waals surface area contributed by atoms with Crippen LogP contribution in [0.3, 0.4) is 0 Å². The smallest absolute Gasteiger partial charge is 0.264 e. The molecule has 0 bridgehead atoms. The van der Waals surface area contributed by atoms with Crippen molar-refractivity contribution >= 4 is 33.2 Å². The lowest BCUT2D eigenvalue weighted by Crippen LogP contribution is -2.38. The van der Waals surface area contributed by atoms with Gasteiger partial charge in [-0.15, -0.1) is 0 Å². The minimum atomic E-state index is -4.20. The maximum Gasteiger partial charge on any atom is 0.264 e. The molecule has 2 amide bonds. The molecule has 0 aromatic heterocycles. The largest absolute Gasteiger partial charge is 0.345 e. The number of sulfonamides is 1. The number of rotatable bonds is 9. The van der Waals surface area contributed by atoms with Crippen LogP contribution < -0.4 is 14.9 Å². The van der Waals surface area contributed by atoms with E-state index in [1.54, 1.807) is 54.6 Å². The van der Waals surface area contributed by atoms with Crippen molar-refractivity contribution in [3.8, 4) is 0 Å². The monoisotopic (exact) mass is 531 g/mol. The molecule has 0 fully saturated rings. The predicted octanol–water partition coefficient (Wildman–Crippen LogP) is 5.15. The SMILES string of the molecule is C[C@@H](NC(=O)c1ccccc1NC(=O)CN(c1ccccc1)S(=O)(=O)c1ccc(F)cc1)c1ccccc1.